The van der Waals surface area contributed by atoms with Gasteiger partial charge in [-0.05, 0) is 43.0 Å². The summed E-state index contributed by atoms with van der Waals surface area (Å²) in [6.45, 7) is 0.704. The summed E-state index contributed by atoms with van der Waals surface area (Å²) in [6.07, 6.45) is 3.09. The standard InChI is InChI=1S/C15H17NO4/c17-13(18)9-3-4-12-11(6-9)15(8-16-12)5-1-2-10(7-15)14(19)20/h3-4,6,10,16H,1-2,5,7-8H2,(H,17,18)(H,19,20). The number of fused-ring (bicyclic) bond motifs is 2. The number of carboxylic acid groups (broad SMARTS) is 2. The van der Waals surface area contributed by atoms with Crippen molar-refractivity contribution in [2.75, 3.05) is 11.9 Å². The van der Waals surface area contributed by atoms with Crippen LogP contribution in [-0.4, -0.2) is 28.7 Å². The molecule has 1 aliphatic carbocycles. The zero-order chi connectivity index (χ0) is 14.3. The van der Waals surface area contributed by atoms with E-state index < -0.39 is 11.9 Å². The van der Waals surface area contributed by atoms with Gasteiger partial charge in [0.15, 0.2) is 0 Å². The van der Waals surface area contributed by atoms with Crippen LogP contribution in [-0.2, 0) is 10.2 Å². The molecule has 2 unspecified atom stereocenters. The minimum atomic E-state index is -0.944. The second kappa shape index (κ2) is 4.51. The maximum Gasteiger partial charge on any atom is 0.335 e. The molecule has 1 fully saturated rings. The molecule has 3 rings (SSSR count). The van der Waals surface area contributed by atoms with Crippen molar-refractivity contribution in [3.8, 4) is 0 Å². The van der Waals surface area contributed by atoms with Crippen LogP contribution < -0.4 is 5.32 Å². The summed E-state index contributed by atoms with van der Waals surface area (Å²) >= 11 is 0. The summed E-state index contributed by atoms with van der Waals surface area (Å²) in [5.74, 6) is -2.02. The van der Waals surface area contributed by atoms with Crippen LogP contribution in [0.2, 0.25) is 0 Å². The third-order valence-corrected chi connectivity index (χ3v) is 4.65. The molecule has 5 nitrogen and oxygen atoms in total. The van der Waals surface area contributed by atoms with E-state index >= 15 is 0 Å². The Balaban J connectivity index is 2.00. The van der Waals surface area contributed by atoms with E-state index in [0.717, 1.165) is 24.1 Å². The Morgan fingerprint density at radius 1 is 1.30 bits per heavy atom. The van der Waals surface area contributed by atoms with Gasteiger partial charge in [0.25, 0.3) is 0 Å². The molecule has 1 saturated carbocycles. The van der Waals surface area contributed by atoms with Crippen LogP contribution >= 0.6 is 0 Å². The molecular weight excluding hydrogens is 258 g/mol. The molecule has 1 aliphatic heterocycles. The largest absolute Gasteiger partial charge is 0.481 e. The van der Waals surface area contributed by atoms with Crippen LogP contribution in [0.3, 0.4) is 0 Å². The van der Waals surface area contributed by atoms with E-state index in [2.05, 4.69) is 5.32 Å². The molecule has 0 saturated heterocycles. The van der Waals surface area contributed by atoms with Crippen LogP contribution in [0.4, 0.5) is 5.69 Å². The molecule has 1 heterocycles. The molecule has 1 spiro atoms. The first-order chi connectivity index (χ1) is 9.52. The summed E-state index contributed by atoms with van der Waals surface area (Å²) < 4.78 is 0. The van der Waals surface area contributed by atoms with Gasteiger partial charge >= 0.3 is 11.9 Å². The van der Waals surface area contributed by atoms with Gasteiger partial charge in [-0.25, -0.2) is 4.79 Å². The fourth-order valence-electron chi connectivity index (χ4n) is 3.61. The van der Waals surface area contributed by atoms with Crippen LogP contribution in [0, 0.1) is 5.92 Å². The molecule has 0 aromatic heterocycles. The predicted octanol–water partition coefficient (Wildman–Crippen LogP) is 2.32. The molecule has 0 amide bonds. The molecular formula is C15H17NO4. The highest BCUT2D eigenvalue weighted by Gasteiger charge is 2.44. The number of aliphatic carboxylic acids is 1. The lowest BCUT2D eigenvalue weighted by Crippen LogP contribution is -2.37. The Labute approximate surface area is 116 Å². The average molecular weight is 275 g/mol. The van der Waals surface area contributed by atoms with E-state index in [1.54, 1.807) is 18.2 Å². The SMILES string of the molecule is O=C(O)c1ccc2c(c1)C1(CCCC(C(=O)O)C1)CN2. The normalized spacial score (nSPS) is 27.9. The summed E-state index contributed by atoms with van der Waals surface area (Å²) in [6, 6.07) is 5.09. The maximum atomic E-state index is 11.3. The quantitative estimate of drug-likeness (QED) is 0.771. The molecule has 106 valence electrons. The maximum absolute atomic E-state index is 11.3. The van der Waals surface area contributed by atoms with Gasteiger partial charge in [-0.3, -0.25) is 4.79 Å². The van der Waals surface area contributed by atoms with Crippen molar-refractivity contribution in [1.29, 1.82) is 0 Å². The fraction of sp³-hybridized carbons (Fsp3) is 0.467. The van der Waals surface area contributed by atoms with Gasteiger partial charge in [-0.2, -0.15) is 0 Å². The van der Waals surface area contributed by atoms with Gasteiger partial charge < -0.3 is 15.5 Å². The Hall–Kier alpha value is -2.04. The third kappa shape index (κ3) is 1.94. The van der Waals surface area contributed by atoms with E-state index in [-0.39, 0.29) is 16.9 Å². The van der Waals surface area contributed by atoms with Gasteiger partial charge in [0.2, 0.25) is 0 Å². The minimum absolute atomic E-state index is 0.220. The number of rotatable bonds is 2. The van der Waals surface area contributed by atoms with Crippen molar-refractivity contribution < 1.29 is 19.8 Å². The van der Waals surface area contributed by atoms with Crippen LogP contribution in [0.25, 0.3) is 0 Å². The van der Waals surface area contributed by atoms with Gasteiger partial charge in [-0.15, -0.1) is 0 Å². The lowest BCUT2D eigenvalue weighted by atomic mass is 9.66. The molecule has 3 N–H and O–H groups in total. The number of anilines is 1. The number of hydrogen-bond acceptors (Lipinski definition) is 3. The number of carboxylic acids is 2. The zero-order valence-electron chi connectivity index (χ0n) is 11.1. The first kappa shape index (κ1) is 13.0. The number of aromatic carboxylic acids is 1. The number of benzene rings is 1. The lowest BCUT2D eigenvalue weighted by Gasteiger charge is -2.36. The molecule has 20 heavy (non-hydrogen) atoms. The Morgan fingerprint density at radius 3 is 2.80 bits per heavy atom. The summed E-state index contributed by atoms with van der Waals surface area (Å²) in [7, 11) is 0. The number of hydrogen-bond donors (Lipinski definition) is 3. The highest BCUT2D eigenvalue weighted by Crippen LogP contribution is 2.48. The van der Waals surface area contributed by atoms with Crippen molar-refractivity contribution in [2.45, 2.75) is 31.1 Å². The predicted molar refractivity (Wildman–Crippen MR) is 73.2 cm³/mol. The fourth-order valence-corrected chi connectivity index (χ4v) is 3.61. The average Bonchev–Trinajstić information content (AvgIpc) is 2.77. The summed E-state index contributed by atoms with van der Waals surface area (Å²) in [5.41, 5.74) is 1.97. The van der Waals surface area contributed by atoms with Crippen molar-refractivity contribution in [3.63, 3.8) is 0 Å². The van der Waals surface area contributed by atoms with E-state index in [1.165, 1.54) is 0 Å². The minimum Gasteiger partial charge on any atom is -0.481 e. The third-order valence-electron chi connectivity index (χ3n) is 4.65. The first-order valence-corrected chi connectivity index (χ1v) is 6.86. The molecule has 2 aliphatic rings. The zero-order valence-corrected chi connectivity index (χ0v) is 11.1. The van der Waals surface area contributed by atoms with E-state index in [4.69, 9.17) is 5.11 Å². The van der Waals surface area contributed by atoms with Crippen molar-refractivity contribution >= 4 is 17.6 Å². The molecule has 1 aromatic rings. The van der Waals surface area contributed by atoms with Gasteiger partial charge in [0.05, 0.1) is 11.5 Å². The first-order valence-electron chi connectivity index (χ1n) is 6.86. The van der Waals surface area contributed by atoms with E-state index in [9.17, 15) is 14.7 Å². The topological polar surface area (TPSA) is 86.6 Å². The Kier molecular flexibility index (Phi) is 2.92. The highest BCUT2D eigenvalue weighted by molar-refractivity contribution is 5.89. The second-order valence-electron chi connectivity index (χ2n) is 5.83. The van der Waals surface area contributed by atoms with Gasteiger partial charge in [0.1, 0.15) is 0 Å². The molecule has 2 atom stereocenters. The summed E-state index contributed by atoms with van der Waals surface area (Å²) in [5, 5.41) is 21.7. The van der Waals surface area contributed by atoms with Gasteiger partial charge in [-0.1, -0.05) is 6.42 Å². The number of nitrogens with one attached hydrogen (secondary N) is 1. The van der Waals surface area contributed by atoms with Crippen molar-refractivity contribution in [3.05, 3.63) is 29.3 Å². The van der Waals surface area contributed by atoms with Gasteiger partial charge in [0, 0.05) is 17.6 Å². The van der Waals surface area contributed by atoms with E-state index in [1.807, 2.05) is 0 Å². The lowest BCUT2D eigenvalue weighted by molar-refractivity contribution is -0.143. The second-order valence-corrected chi connectivity index (χ2v) is 5.83. The van der Waals surface area contributed by atoms with Crippen LogP contribution in [0.15, 0.2) is 18.2 Å². The molecule has 5 heteroatoms. The number of carbonyl (C=O) groups is 2. The van der Waals surface area contributed by atoms with Crippen molar-refractivity contribution in [2.24, 2.45) is 5.92 Å². The highest BCUT2D eigenvalue weighted by atomic mass is 16.4. The van der Waals surface area contributed by atoms with Crippen LogP contribution in [0.1, 0.15) is 41.6 Å². The molecule has 0 radical (unpaired) electrons. The molecule has 0 bridgehead atoms. The van der Waals surface area contributed by atoms with Crippen LogP contribution in [0.5, 0.6) is 0 Å². The smallest absolute Gasteiger partial charge is 0.335 e. The van der Waals surface area contributed by atoms with Crippen molar-refractivity contribution in [1.82, 2.24) is 0 Å². The summed E-state index contributed by atoms with van der Waals surface area (Å²) in [4.78, 5) is 22.4. The monoisotopic (exact) mass is 275 g/mol. The molecule has 1 aromatic carbocycles. The Bertz CT molecular complexity index is 579. The Morgan fingerprint density at radius 2 is 2.10 bits per heavy atom. The van der Waals surface area contributed by atoms with E-state index in [0.29, 0.717) is 19.4 Å².